The van der Waals surface area contributed by atoms with E-state index in [1.54, 1.807) is 18.2 Å². The van der Waals surface area contributed by atoms with Crippen LogP contribution in [0.15, 0.2) is 48.5 Å². The first-order chi connectivity index (χ1) is 15.8. The number of fused-ring (bicyclic) bond motifs is 1. The van der Waals surface area contributed by atoms with E-state index in [-0.39, 0.29) is 23.6 Å². The Labute approximate surface area is 196 Å². The van der Waals surface area contributed by atoms with Gasteiger partial charge in [-0.2, -0.15) is 0 Å². The van der Waals surface area contributed by atoms with Gasteiger partial charge in [0, 0.05) is 18.5 Å². The van der Waals surface area contributed by atoms with E-state index in [2.05, 4.69) is 26.0 Å². The lowest BCUT2D eigenvalue weighted by atomic mass is 9.66. The van der Waals surface area contributed by atoms with Gasteiger partial charge in [0.15, 0.2) is 11.5 Å². The number of benzene rings is 2. The molecule has 33 heavy (non-hydrogen) atoms. The summed E-state index contributed by atoms with van der Waals surface area (Å²) in [5.41, 5.74) is 2.38. The number of methoxy groups -OCH3 is 1. The number of ether oxygens (including phenoxy) is 1. The van der Waals surface area contributed by atoms with E-state index >= 15 is 0 Å². The zero-order chi connectivity index (χ0) is 23.6. The Balaban J connectivity index is 1.64. The quantitative estimate of drug-likeness (QED) is 0.597. The maximum Gasteiger partial charge on any atom is 0.247 e. The van der Waals surface area contributed by atoms with Gasteiger partial charge in [0.1, 0.15) is 0 Å². The number of amides is 1. The zero-order valence-electron chi connectivity index (χ0n) is 19.8. The van der Waals surface area contributed by atoms with Gasteiger partial charge >= 0.3 is 0 Å². The number of rotatable bonds is 5. The van der Waals surface area contributed by atoms with E-state index in [1.165, 1.54) is 12.7 Å². The maximum absolute atomic E-state index is 13.4. The molecule has 1 saturated carbocycles. The Hall–Kier alpha value is -2.79. The topological polar surface area (TPSA) is 70.0 Å². The molecule has 3 atom stereocenters. The Morgan fingerprint density at radius 3 is 2.61 bits per heavy atom. The lowest BCUT2D eigenvalue weighted by Gasteiger charge is -2.52. The molecule has 1 aliphatic heterocycles. The Kier molecular flexibility index (Phi) is 6.80. The van der Waals surface area contributed by atoms with Crippen LogP contribution in [0.3, 0.4) is 0 Å². The lowest BCUT2D eigenvalue weighted by molar-refractivity contribution is -0.150. The first-order valence-corrected chi connectivity index (χ1v) is 12.0. The zero-order valence-corrected chi connectivity index (χ0v) is 19.8. The Bertz CT molecular complexity index is 1010. The number of carbonyl (C=O) groups is 1. The van der Waals surface area contributed by atoms with E-state index in [1.807, 2.05) is 29.2 Å². The Morgan fingerprint density at radius 2 is 1.91 bits per heavy atom. The minimum absolute atomic E-state index is 0.0445. The van der Waals surface area contributed by atoms with E-state index in [0.717, 1.165) is 36.8 Å². The molecule has 5 nitrogen and oxygen atoms in total. The summed E-state index contributed by atoms with van der Waals surface area (Å²) in [5.74, 6) is 0.809. The van der Waals surface area contributed by atoms with E-state index < -0.39 is 5.60 Å². The average molecular weight is 450 g/mol. The van der Waals surface area contributed by atoms with Crippen molar-refractivity contribution in [2.45, 2.75) is 63.5 Å². The second kappa shape index (κ2) is 9.60. The SMILES string of the molecule is COc1cc(C2C3CCCCC3(O)CCN2C(=O)C=Cc2ccc(C(C)C)cc2)ccc1O. The van der Waals surface area contributed by atoms with Crippen LogP contribution in [0.2, 0.25) is 0 Å². The average Bonchev–Trinajstić information content (AvgIpc) is 2.82. The van der Waals surface area contributed by atoms with Crippen molar-refractivity contribution in [3.05, 3.63) is 65.2 Å². The van der Waals surface area contributed by atoms with Gasteiger partial charge in [0.25, 0.3) is 0 Å². The molecule has 0 aromatic heterocycles. The summed E-state index contributed by atoms with van der Waals surface area (Å²) in [6.07, 6.45) is 7.78. The van der Waals surface area contributed by atoms with Gasteiger partial charge in [0.2, 0.25) is 5.91 Å². The van der Waals surface area contributed by atoms with E-state index in [4.69, 9.17) is 4.74 Å². The van der Waals surface area contributed by atoms with Crippen molar-refractivity contribution in [1.82, 2.24) is 4.90 Å². The molecule has 2 aliphatic rings. The second-order valence-electron chi connectivity index (χ2n) is 9.77. The molecule has 0 spiro atoms. The third kappa shape index (κ3) is 4.79. The molecule has 0 bridgehead atoms. The molecule has 2 aromatic carbocycles. The summed E-state index contributed by atoms with van der Waals surface area (Å²) in [6, 6.07) is 13.3. The van der Waals surface area contributed by atoms with Crippen molar-refractivity contribution < 1.29 is 19.7 Å². The number of carbonyl (C=O) groups excluding carboxylic acids is 1. The maximum atomic E-state index is 13.4. The van der Waals surface area contributed by atoms with Crippen LogP contribution in [0.4, 0.5) is 0 Å². The van der Waals surface area contributed by atoms with Crippen molar-refractivity contribution in [3.8, 4) is 11.5 Å². The Morgan fingerprint density at radius 1 is 1.15 bits per heavy atom. The fourth-order valence-electron chi connectivity index (χ4n) is 5.47. The number of aromatic hydroxyl groups is 1. The van der Waals surface area contributed by atoms with Crippen LogP contribution in [-0.4, -0.2) is 40.3 Å². The van der Waals surface area contributed by atoms with Crippen LogP contribution < -0.4 is 4.74 Å². The molecule has 1 saturated heterocycles. The van der Waals surface area contributed by atoms with Crippen LogP contribution in [0.5, 0.6) is 11.5 Å². The number of phenols is 1. The molecule has 1 amide bonds. The number of likely N-dealkylation sites (tertiary alicyclic amines) is 1. The molecule has 0 radical (unpaired) electrons. The number of hydrogen-bond acceptors (Lipinski definition) is 4. The number of hydrogen-bond donors (Lipinski definition) is 2. The van der Waals surface area contributed by atoms with Crippen molar-refractivity contribution >= 4 is 12.0 Å². The van der Waals surface area contributed by atoms with E-state index in [9.17, 15) is 15.0 Å². The van der Waals surface area contributed by atoms with Gasteiger partial charge in [-0.25, -0.2) is 0 Å². The molecular formula is C28H35NO4. The van der Waals surface area contributed by atoms with Gasteiger partial charge in [-0.1, -0.05) is 57.0 Å². The summed E-state index contributed by atoms with van der Waals surface area (Å²) in [6.45, 7) is 4.82. The first-order valence-electron chi connectivity index (χ1n) is 12.0. The van der Waals surface area contributed by atoms with E-state index in [0.29, 0.717) is 24.6 Å². The lowest BCUT2D eigenvalue weighted by Crippen LogP contribution is -2.56. The molecule has 176 valence electrons. The first kappa shape index (κ1) is 23.4. The van der Waals surface area contributed by atoms with Gasteiger partial charge in [0.05, 0.1) is 18.8 Å². The van der Waals surface area contributed by atoms with Crippen molar-refractivity contribution in [1.29, 1.82) is 0 Å². The summed E-state index contributed by atoms with van der Waals surface area (Å²) in [4.78, 5) is 15.3. The fraction of sp³-hybridized carbons (Fsp3) is 0.464. The van der Waals surface area contributed by atoms with Crippen LogP contribution >= 0.6 is 0 Å². The largest absolute Gasteiger partial charge is 0.504 e. The normalized spacial score (nSPS) is 25.3. The molecule has 2 fully saturated rings. The van der Waals surface area contributed by atoms with Gasteiger partial charge in [-0.05, 0) is 60.1 Å². The standard InChI is InChI=1S/C28H35NO4/c1-19(2)21-10-7-20(8-11-21)9-14-26(31)29-17-16-28(32)15-5-4-6-23(28)27(29)22-12-13-24(30)25(18-22)33-3/h7-14,18-19,23,27,30,32H,4-6,15-17H2,1-3H3. The highest BCUT2D eigenvalue weighted by atomic mass is 16.5. The highest BCUT2D eigenvalue weighted by Crippen LogP contribution is 2.50. The molecule has 2 N–H and O–H groups in total. The van der Waals surface area contributed by atoms with Gasteiger partial charge < -0.3 is 19.8 Å². The fourth-order valence-corrected chi connectivity index (χ4v) is 5.47. The van der Waals surface area contributed by atoms with Crippen molar-refractivity contribution in [2.24, 2.45) is 5.92 Å². The number of nitrogens with zero attached hydrogens (tertiary/aromatic N) is 1. The summed E-state index contributed by atoms with van der Waals surface area (Å²) >= 11 is 0. The monoisotopic (exact) mass is 449 g/mol. The summed E-state index contributed by atoms with van der Waals surface area (Å²) in [7, 11) is 1.52. The van der Waals surface area contributed by atoms with Crippen LogP contribution in [0, 0.1) is 5.92 Å². The summed E-state index contributed by atoms with van der Waals surface area (Å²) < 4.78 is 5.34. The van der Waals surface area contributed by atoms with Crippen LogP contribution in [-0.2, 0) is 4.79 Å². The number of phenolic OH excluding ortho intramolecular Hbond substituents is 1. The number of aliphatic hydroxyl groups is 1. The number of piperidine rings is 1. The predicted molar refractivity (Wildman–Crippen MR) is 130 cm³/mol. The molecule has 5 heteroatoms. The van der Waals surface area contributed by atoms with Gasteiger partial charge in [-0.3, -0.25) is 4.79 Å². The molecular weight excluding hydrogens is 414 g/mol. The molecule has 2 aromatic rings. The van der Waals surface area contributed by atoms with Crippen molar-refractivity contribution in [2.75, 3.05) is 13.7 Å². The molecule has 3 unspecified atom stereocenters. The van der Waals surface area contributed by atoms with Gasteiger partial charge in [-0.15, -0.1) is 0 Å². The summed E-state index contributed by atoms with van der Waals surface area (Å²) in [5, 5.41) is 21.5. The highest BCUT2D eigenvalue weighted by molar-refractivity contribution is 5.92. The molecule has 1 aliphatic carbocycles. The predicted octanol–water partition coefficient (Wildman–Crippen LogP) is 5.43. The third-order valence-corrected chi connectivity index (χ3v) is 7.42. The second-order valence-corrected chi connectivity index (χ2v) is 9.77. The van der Waals surface area contributed by atoms with Crippen LogP contribution in [0.1, 0.15) is 74.6 Å². The third-order valence-electron chi connectivity index (χ3n) is 7.42. The van der Waals surface area contributed by atoms with Crippen molar-refractivity contribution in [3.63, 3.8) is 0 Å². The minimum Gasteiger partial charge on any atom is -0.504 e. The highest BCUT2D eigenvalue weighted by Gasteiger charge is 2.50. The minimum atomic E-state index is -0.763. The molecule has 4 rings (SSSR count). The van der Waals surface area contributed by atoms with Crippen LogP contribution in [0.25, 0.3) is 6.08 Å². The smallest absolute Gasteiger partial charge is 0.247 e. The molecule has 1 heterocycles.